The predicted molar refractivity (Wildman–Crippen MR) is 124 cm³/mol. The molecule has 30 heavy (non-hydrogen) atoms. The van der Waals surface area contributed by atoms with Gasteiger partial charge < -0.3 is 13.8 Å². The summed E-state index contributed by atoms with van der Waals surface area (Å²) in [5, 5.41) is 3.37. The molecule has 0 amide bonds. The average molecular weight is 432 g/mol. The van der Waals surface area contributed by atoms with Crippen molar-refractivity contribution >= 4 is 13.7 Å². The van der Waals surface area contributed by atoms with Gasteiger partial charge in [-0.05, 0) is 55.1 Å². The van der Waals surface area contributed by atoms with E-state index in [0.29, 0.717) is 32.3 Å². The van der Waals surface area contributed by atoms with Crippen LogP contribution in [-0.2, 0) is 20.2 Å². The molecule has 1 unspecified atom stereocenters. The molecule has 5 nitrogen and oxygen atoms in total. The normalized spacial score (nSPS) is 12.7. The quantitative estimate of drug-likeness (QED) is 0.371. The van der Waals surface area contributed by atoms with Crippen LogP contribution in [0, 0.1) is 5.92 Å². The van der Waals surface area contributed by atoms with Crippen molar-refractivity contribution in [2.45, 2.75) is 40.1 Å². The standard InChI is InChI=1S/C24H34NO4P/c1-6-20-9-11-21(12-10-20)18-27-23-15-13-22(14-16-23)24(25-17-19(4)5)30(26,28-7-2)29-8-3/h6,9-16,19,24-25H,1,7-8,17-18H2,2-5H3. The van der Waals surface area contributed by atoms with E-state index < -0.39 is 13.4 Å². The van der Waals surface area contributed by atoms with Gasteiger partial charge in [0, 0.05) is 0 Å². The SMILES string of the molecule is C=Cc1ccc(COc2ccc(C(NCC(C)C)P(=O)(OCC)OCC)cc2)cc1. The molecule has 0 aliphatic rings. The van der Waals surface area contributed by atoms with Gasteiger partial charge in [0.25, 0.3) is 0 Å². The molecule has 0 bridgehead atoms. The first-order chi connectivity index (χ1) is 14.4. The summed E-state index contributed by atoms with van der Waals surface area (Å²) in [6, 6.07) is 15.7. The van der Waals surface area contributed by atoms with Crippen LogP contribution in [0.4, 0.5) is 0 Å². The topological polar surface area (TPSA) is 56.8 Å². The molecule has 0 aliphatic heterocycles. The van der Waals surface area contributed by atoms with Crippen molar-refractivity contribution in [3.63, 3.8) is 0 Å². The van der Waals surface area contributed by atoms with Crippen LogP contribution in [0.1, 0.15) is 50.2 Å². The Balaban J connectivity index is 2.14. The monoisotopic (exact) mass is 431 g/mol. The minimum Gasteiger partial charge on any atom is -0.489 e. The van der Waals surface area contributed by atoms with E-state index in [-0.39, 0.29) is 0 Å². The Labute approximate surface area is 181 Å². The summed E-state index contributed by atoms with van der Waals surface area (Å²) in [5.41, 5.74) is 3.01. The maximum Gasteiger partial charge on any atom is 0.351 e. The Morgan fingerprint density at radius 1 is 1.00 bits per heavy atom. The largest absolute Gasteiger partial charge is 0.489 e. The van der Waals surface area contributed by atoms with Gasteiger partial charge in [-0.15, -0.1) is 0 Å². The van der Waals surface area contributed by atoms with Crippen LogP contribution < -0.4 is 10.1 Å². The zero-order chi connectivity index (χ0) is 22.0. The van der Waals surface area contributed by atoms with E-state index in [1.54, 1.807) is 0 Å². The molecule has 0 saturated carbocycles. The van der Waals surface area contributed by atoms with Crippen molar-refractivity contribution in [1.29, 1.82) is 0 Å². The molecule has 0 spiro atoms. The van der Waals surface area contributed by atoms with E-state index in [9.17, 15) is 4.57 Å². The van der Waals surface area contributed by atoms with Gasteiger partial charge in [0.1, 0.15) is 18.1 Å². The lowest BCUT2D eigenvalue weighted by molar-refractivity contribution is 0.207. The van der Waals surface area contributed by atoms with Crippen LogP contribution >= 0.6 is 7.60 Å². The van der Waals surface area contributed by atoms with Gasteiger partial charge in [0.05, 0.1) is 13.2 Å². The fraction of sp³-hybridized carbons (Fsp3) is 0.417. The Morgan fingerprint density at radius 3 is 2.10 bits per heavy atom. The van der Waals surface area contributed by atoms with Crippen LogP contribution in [0.15, 0.2) is 55.1 Å². The van der Waals surface area contributed by atoms with Crippen LogP contribution in [-0.4, -0.2) is 19.8 Å². The zero-order valence-corrected chi connectivity index (χ0v) is 19.4. The molecular weight excluding hydrogens is 397 g/mol. The number of hydrogen-bond donors (Lipinski definition) is 1. The summed E-state index contributed by atoms with van der Waals surface area (Å²) in [5.74, 6) is 0.622. The number of benzene rings is 2. The molecule has 1 N–H and O–H groups in total. The number of nitrogens with one attached hydrogen (secondary N) is 1. The van der Waals surface area contributed by atoms with E-state index in [0.717, 1.165) is 22.4 Å². The van der Waals surface area contributed by atoms with Crippen LogP contribution in [0.2, 0.25) is 0 Å². The molecule has 6 heteroatoms. The van der Waals surface area contributed by atoms with Crippen molar-refractivity contribution in [3.8, 4) is 5.75 Å². The molecular formula is C24H34NO4P. The molecule has 2 rings (SSSR count). The summed E-state index contributed by atoms with van der Waals surface area (Å²) < 4.78 is 30.5. The molecule has 164 valence electrons. The first-order valence-electron chi connectivity index (χ1n) is 10.5. The van der Waals surface area contributed by atoms with Crippen molar-refractivity contribution in [2.75, 3.05) is 19.8 Å². The lowest BCUT2D eigenvalue weighted by atomic mass is 10.1. The first-order valence-corrected chi connectivity index (χ1v) is 12.1. The van der Waals surface area contributed by atoms with E-state index in [1.807, 2.05) is 68.5 Å². The maximum atomic E-state index is 13.4. The highest BCUT2D eigenvalue weighted by molar-refractivity contribution is 7.54. The van der Waals surface area contributed by atoms with Crippen molar-refractivity contribution in [2.24, 2.45) is 5.92 Å². The minimum atomic E-state index is -3.35. The molecule has 0 radical (unpaired) electrons. The van der Waals surface area contributed by atoms with E-state index in [1.165, 1.54) is 0 Å². The summed E-state index contributed by atoms with van der Waals surface area (Å²) in [6.45, 7) is 13.4. The van der Waals surface area contributed by atoms with E-state index in [2.05, 4.69) is 25.7 Å². The second-order valence-electron chi connectivity index (χ2n) is 7.38. The lowest BCUT2D eigenvalue weighted by Crippen LogP contribution is -2.27. The second kappa shape index (κ2) is 12.1. The first kappa shape index (κ1) is 24.4. The number of hydrogen-bond acceptors (Lipinski definition) is 5. The number of rotatable bonds is 13. The molecule has 2 aromatic rings. The average Bonchev–Trinajstić information content (AvgIpc) is 2.73. The third kappa shape index (κ3) is 7.10. The van der Waals surface area contributed by atoms with Gasteiger partial charge in [-0.25, -0.2) is 0 Å². The minimum absolute atomic E-state index is 0.322. The highest BCUT2D eigenvalue weighted by Gasteiger charge is 2.36. The molecule has 0 fully saturated rings. The van der Waals surface area contributed by atoms with Crippen LogP contribution in [0.25, 0.3) is 6.08 Å². The molecule has 0 aromatic heterocycles. The molecule has 0 heterocycles. The van der Waals surface area contributed by atoms with Crippen molar-refractivity contribution < 1.29 is 18.3 Å². The Morgan fingerprint density at radius 2 is 1.60 bits per heavy atom. The number of ether oxygens (including phenoxy) is 1. The van der Waals surface area contributed by atoms with Crippen LogP contribution in [0.5, 0.6) is 5.75 Å². The maximum absolute atomic E-state index is 13.4. The molecule has 2 aromatic carbocycles. The van der Waals surface area contributed by atoms with Crippen molar-refractivity contribution in [3.05, 3.63) is 71.8 Å². The van der Waals surface area contributed by atoms with Gasteiger partial charge >= 0.3 is 7.60 Å². The lowest BCUT2D eigenvalue weighted by Gasteiger charge is -2.28. The summed E-state index contributed by atoms with van der Waals surface area (Å²) in [6.07, 6.45) is 1.82. The third-order valence-electron chi connectivity index (χ3n) is 4.47. The van der Waals surface area contributed by atoms with E-state index in [4.69, 9.17) is 13.8 Å². The predicted octanol–water partition coefficient (Wildman–Crippen LogP) is 6.42. The van der Waals surface area contributed by atoms with Crippen molar-refractivity contribution in [1.82, 2.24) is 5.32 Å². The molecule has 0 aliphatic carbocycles. The van der Waals surface area contributed by atoms with Gasteiger partial charge in [-0.1, -0.05) is 62.9 Å². The summed E-state index contributed by atoms with van der Waals surface area (Å²) >= 11 is 0. The zero-order valence-electron chi connectivity index (χ0n) is 18.5. The fourth-order valence-corrected chi connectivity index (χ4v) is 4.93. The fourth-order valence-electron chi connectivity index (χ4n) is 2.97. The summed E-state index contributed by atoms with van der Waals surface area (Å²) in [7, 11) is -3.35. The smallest absolute Gasteiger partial charge is 0.351 e. The van der Waals surface area contributed by atoms with Crippen LogP contribution in [0.3, 0.4) is 0 Å². The van der Waals surface area contributed by atoms with Gasteiger partial charge in [-0.2, -0.15) is 0 Å². The highest BCUT2D eigenvalue weighted by atomic mass is 31.2. The summed E-state index contributed by atoms with van der Waals surface area (Å²) in [4.78, 5) is 0. The highest BCUT2D eigenvalue weighted by Crippen LogP contribution is 2.59. The Bertz CT molecular complexity index is 808. The van der Waals surface area contributed by atoms with Gasteiger partial charge in [-0.3, -0.25) is 9.88 Å². The Kier molecular flexibility index (Phi) is 9.80. The van der Waals surface area contributed by atoms with E-state index >= 15 is 0 Å². The van der Waals surface area contributed by atoms with Gasteiger partial charge in [0.15, 0.2) is 0 Å². The molecule has 0 saturated heterocycles. The van der Waals surface area contributed by atoms with Gasteiger partial charge in [0.2, 0.25) is 0 Å². The third-order valence-corrected chi connectivity index (χ3v) is 6.82. The Hall–Kier alpha value is -1.91. The second-order valence-corrected chi connectivity index (χ2v) is 9.50. The molecule has 1 atom stereocenters.